The molecule has 0 aromatic rings. The summed E-state index contributed by atoms with van der Waals surface area (Å²) in [6.45, 7) is 4.19. The van der Waals surface area contributed by atoms with Gasteiger partial charge in [0.15, 0.2) is 9.84 Å². The first-order valence-electron chi connectivity index (χ1n) is 5.16. The van der Waals surface area contributed by atoms with Gasteiger partial charge < -0.3 is 10.2 Å². The Hall–Kier alpha value is -0.430. The van der Waals surface area contributed by atoms with Gasteiger partial charge in [-0.05, 0) is 13.8 Å². The van der Waals surface area contributed by atoms with Gasteiger partial charge in [0, 0.05) is 30.3 Å². The zero-order valence-electron chi connectivity index (χ0n) is 9.76. The van der Waals surface area contributed by atoms with Crippen LogP contribution in [0.3, 0.4) is 0 Å². The Labute approximate surface area is 101 Å². The third-order valence-electron chi connectivity index (χ3n) is 2.25. The first-order chi connectivity index (χ1) is 7.32. The quantitative estimate of drug-likeness (QED) is 0.791. The van der Waals surface area contributed by atoms with Gasteiger partial charge in [-0.3, -0.25) is 0 Å². The van der Waals surface area contributed by atoms with E-state index in [-0.39, 0.29) is 12.1 Å². The maximum Gasteiger partial charge on any atom is 0.318 e. The SMILES string of the molecule is CC(C)NC(=O)N1CCSCC1S(C)(=O)=O. The van der Waals surface area contributed by atoms with Crippen molar-refractivity contribution in [3.63, 3.8) is 0 Å². The highest BCUT2D eigenvalue weighted by molar-refractivity contribution is 8.00. The molecule has 1 unspecified atom stereocenters. The van der Waals surface area contributed by atoms with Crippen LogP contribution in [0, 0.1) is 0 Å². The number of nitrogens with one attached hydrogen (secondary N) is 1. The Morgan fingerprint density at radius 1 is 1.50 bits per heavy atom. The molecule has 16 heavy (non-hydrogen) atoms. The van der Waals surface area contributed by atoms with Crippen LogP contribution < -0.4 is 5.32 Å². The topological polar surface area (TPSA) is 66.5 Å². The fourth-order valence-electron chi connectivity index (χ4n) is 1.50. The highest BCUT2D eigenvalue weighted by Gasteiger charge is 2.34. The maximum atomic E-state index is 11.8. The van der Waals surface area contributed by atoms with Crippen LogP contribution in [0.2, 0.25) is 0 Å². The maximum absolute atomic E-state index is 11.8. The summed E-state index contributed by atoms with van der Waals surface area (Å²) in [7, 11) is -3.21. The van der Waals surface area contributed by atoms with Gasteiger partial charge >= 0.3 is 6.03 Å². The highest BCUT2D eigenvalue weighted by Crippen LogP contribution is 2.20. The van der Waals surface area contributed by atoms with Crippen molar-refractivity contribution in [3.8, 4) is 0 Å². The van der Waals surface area contributed by atoms with Gasteiger partial charge in [-0.1, -0.05) is 0 Å². The van der Waals surface area contributed by atoms with Crippen LogP contribution in [0.5, 0.6) is 0 Å². The number of nitrogens with zero attached hydrogens (tertiary/aromatic N) is 1. The van der Waals surface area contributed by atoms with E-state index in [1.165, 1.54) is 11.2 Å². The molecule has 2 amide bonds. The Bertz CT molecular complexity index is 354. The molecule has 0 aliphatic carbocycles. The molecule has 0 aromatic heterocycles. The van der Waals surface area contributed by atoms with Gasteiger partial charge in [-0.25, -0.2) is 13.2 Å². The van der Waals surface area contributed by atoms with Crippen molar-refractivity contribution in [1.82, 2.24) is 10.2 Å². The van der Waals surface area contributed by atoms with Crippen molar-refractivity contribution in [2.24, 2.45) is 0 Å². The van der Waals surface area contributed by atoms with Crippen LogP contribution in [0.15, 0.2) is 0 Å². The molecule has 1 heterocycles. The van der Waals surface area contributed by atoms with Crippen molar-refractivity contribution in [2.75, 3.05) is 24.3 Å². The monoisotopic (exact) mass is 266 g/mol. The van der Waals surface area contributed by atoms with Crippen molar-refractivity contribution < 1.29 is 13.2 Å². The number of rotatable bonds is 2. The molecule has 1 saturated heterocycles. The van der Waals surface area contributed by atoms with Crippen molar-refractivity contribution >= 4 is 27.6 Å². The number of urea groups is 1. The van der Waals surface area contributed by atoms with E-state index in [2.05, 4.69) is 5.32 Å². The number of sulfone groups is 1. The molecule has 1 N–H and O–H groups in total. The van der Waals surface area contributed by atoms with Gasteiger partial charge in [0.25, 0.3) is 0 Å². The summed E-state index contributed by atoms with van der Waals surface area (Å²) in [4.78, 5) is 13.2. The second kappa shape index (κ2) is 5.27. The standard InChI is InChI=1S/C9H18N2O3S2/c1-7(2)10-9(12)11-4-5-15-6-8(11)16(3,13)14/h7-8H,4-6H2,1-3H3,(H,10,12). The van der Waals surface area contributed by atoms with E-state index in [0.717, 1.165) is 5.75 Å². The molecular formula is C9H18N2O3S2. The molecule has 7 heteroatoms. The lowest BCUT2D eigenvalue weighted by molar-refractivity contribution is 0.194. The van der Waals surface area contributed by atoms with Gasteiger partial charge in [0.1, 0.15) is 5.37 Å². The minimum atomic E-state index is -3.21. The van der Waals surface area contributed by atoms with Crippen LogP contribution >= 0.6 is 11.8 Å². The second-order valence-corrected chi connectivity index (χ2v) is 7.51. The molecular weight excluding hydrogens is 248 g/mol. The molecule has 0 bridgehead atoms. The molecule has 0 aromatic carbocycles. The van der Waals surface area contributed by atoms with E-state index in [1.54, 1.807) is 11.8 Å². The fourth-order valence-corrected chi connectivity index (χ4v) is 4.31. The number of thioether (sulfide) groups is 1. The lowest BCUT2D eigenvalue weighted by atomic mass is 10.4. The molecule has 0 saturated carbocycles. The molecule has 94 valence electrons. The van der Waals surface area contributed by atoms with Crippen LogP contribution in [0.4, 0.5) is 4.79 Å². The first kappa shape index (κ1) is 13.6. The zero-order chi connectivity index (χ0) is 12.3. The lowest BCUT2D eigenvalue weighted by Gasteiger charge is -2.34. The normalized spacial score (nSPS) is 22.2. The van der Waals surface area contributed by atoms with E-state index < -0.39 is 15.2 Å². The fraction of sp³-hybridized carbons (Fsp3) is 0.889. The molecule has 1 aliphatic heterocycles. The van der Waals surface area contributed by atoms with Gasteiger partial charge in [-0.15, -0.1) is 0 Å². The molecule has 5 nitrogen and oxygen atoms in total. The smallest absolute Gasteiger partial charge is 0.318 e. The third kappa shape index (κ3) is 3.55. The van der Waals surface area contributed by atoms with E-state index >= 15 is 0 Å². The molecule has 1 fully saturated rings. The zero-order valence-corrected chi connectivity index (χ0v) is 11.4. The van der Waals surface area contributed by atoms with Gasteiger partial charge in [-0.2, -0.15) is 11.8 Å². The number of hydrogen-bond acceptors (Lipinski definition) is 4. The largest absolute Gasteiger partial charge is 0.336 e. The minimum absolute atomic E-state index is 0.0160. The molecule has 1 rings (SSSR count). The van der Waals surface area contributed by atoms with Crippen molar-refractivity contribution in [2.45, 2.75) is 25.3 Å². The Morgan fingerprint density at radius 3 is 2.62 bits per heavy atom. The Balaban J connectivity index is 2.79. The summed E-state index contributed by atoms with van der Waals surface area (Å²) in [6, 6.07) is -0.270. The number of amides is 2. The van der Waals surface area contributed by atoms with E-state index in [9.17, 15) is 13.2 Å². The highest BCUT2D eigenvalue weighted by atomic mass is 32.2. The first-order valence-corrected chi connectivity index (χ1v) is 8.27. The van der Waals surface area contributed by atoms with Crippen LogP contribution in [0.1, 0.15) is 13.8 Å². The summed E-state index contributed by atoms with van der Waals surface area (Å²) in [6.07, 6.45) is 1.18. The summed E-state index contributed by atoms with van der Waals surface area (Å²) in [5.74, 6) is 1.25. The lowest BCUT2D eigenvalue weighted by Crippen LogP contribution is -2.54. The summed E-state index contributed by atoms with van der Waals surface area (Å²) < 4.78 is 23.1. The van der Waals surface area contributed by atoms with Crippen LogP contribution in [-0.2, 0) is 9.84 Å². The minimum Gasteiger partial charge on any atom is -0.336 e. The van der Waals surface area contributed by atoms with E-state index in [1.807, 2.05) is 13.8 Å². The molecule has 1 atom stereocenters. The molecule has 0 spiro atoms. The van der Waals surface area contributed by atoms with E-state index in [4.69, 9.17) is 0 Å². The van der Waals surface area contributed by atoms with Gasteiger partial charge in [0.05, 0.1) is 0 Å². The van der Waals surface area contributed by atoms with Crippen LogP contribution in [-0.4, -0.2) is 55.1 Å². The summed E-state index contributed by atoms with van der Waals surface area (Å²) >= 11 is 1.57. The average Bonchev–Trinajstić information content (AvgIpc) is 2.15. The number of carbonyl (C=O) groups excluding carboxylic acids is 1. The predicted octanol–water partition coefficient (Wildman–Crippen LogP) is 0.524. The predicted molar refractivity (Wildman–Crippen MR) is 66.3 cm³/mol. The second-order valence-electron chi connectivity index (χ2n) is 4.16. The van der Waals surface area contributed by atoms with Crippen LogP contribution in [0.25, 0.3) is 0 Å². The summed E-state index contributed by atoms with van der Waals surface area (Å²) in [5.41, 5.74) is 0. The third-order valence-corrected chi connectivity index (χ3v) is 4.90. The summed E-state index contributed by atoms with van der Waals surface area (Å²) in [5, 5.41) is 2.04. The van der Waals surface area contributed by atoms with Crippen molar-refractivity contribution in [1.29, 1.82) is 0 Å². The number of carbonyl (C=O) groups is 1. The van der Waals surface area contributed by atoms with E-state index in [0.29, 0.717) is 12.3 Å². The molecule has 1 aliphatic rings. The Kier molecular flexibility index (Phi) is 4.49. The van der Waals surface area contributed by atoms with Gasteiger partial charge in [0.2, 0.25) is 0 Å². The average molecular weight is 266 g/mol. The Morgan fingerprint density at radius 2 is 2.12 bits per heavy atom. The van der Waals surface area contributed by atoms with Crippen molar-refractivity contribution in [3.05, 3.63) is 0 Å². The number of hydrogen-bond donors (Lipinski definition) is 1. The molecule has 0 radical (unpaired) electrons.